The van der Waals surface area contributed by atoms with Crippen molar-refractivity contribution in [2.24, 2.45) is 0 Å². The summed E-state index contributed by atoms with van der Waals surface area (Å²) in [6.45, 7) is 6.28. The Morgan fingerprint density at radius 1 is 1.29 bits per heavy atom. The van der Waals surface area contributed by atoms with E-state index in [0.717, 1.165) is 15.8 Å². The Kier molecular flexibility index (Phi) is 2.18. The van der Waals surface area contributed by atoms with Crippen molar-refractivity contribution in [1.82, 2.24) is 0 Å². The van der Waals surface area contributed by atoms with Gasteiger partial charge in [-0.25, -0.2) is 0 Å². The number of ether oxygens (including phenoxy) is 1. The molecule has 1 aliphatic rings. The van der Waals surface area contributed by atoms with Crippen LogP contribution in [0.3, 0.4) is 0 Å². The fourth-order valence-electron chi connectivity index (χ4n) is 1.49. The summed E-state index contributed by atoms with van der Waals surface area (Å²) < 4.78 is 6.98. The van der Waals surface area contributed by atoms with Gasteiger partial charge in [-0.15, -0.1) is 0 Å². The van der Waals surface area contributed by atoms with Crippen molar-refractivity contribution in [2.75, 3.05) is 0 Å². The van der Waals surface area contributed by atoms with Crippen LogP contribution in [0.2, 0.25) is 0 Å². The minimum Gasteiger partial charge on any atom is -0.483 e. The first-order chi connectivity index (χ1) is 6.49. The highest BCUT2D eigenvalue weighted by Crippen LogP contribution is 2.36. The molecule has 1 aliphatic heterocycles. The number of hydrogen-bond donors (Lipinski definition) is 0. The Labute approximate surface area is 92.9 Å². The second-order valence-electron chi connectivity index (χ2n) is 4.12. The first-order valence-corrected chi connectivity index (χ1v) is 5.46. The molecule has 1 aromatic carbocycles. The van der Waals surface area contributed by atoms with Crippen LogP contribution in [-0.4, -0.2) is 5.60 Å². The van der Waals surface area contributed by atoms with E-state index >= 15 is 0 Å². The second-order valence-corrected chi connectivity index (χ2v) is 5.04. The van der Waals surface area contributed by atoms with Gasteiger partial charge in [0.1, 0.15) is 11.4 Å². The van der Waals surface area contributed by atoms with E-state index in [9.17, 15) is 0 Å². The average Bonchev–Trinajstić information content (AvgIpc) is 2.08. The molecule has 0 unspecified atom stereocenters. The largest absolute Gasteiger partial charge is 0.483 e. The van der Waals surface area contributed by atoms with Crippen molar-refractivity contribution < 1.29 is 4.74 Å². The zero-order valence-corrected chi connectivity index (χ0v) is 10.2. The lowest BCUT2D eigenvalue weighted by molar-refractivity contribution is 0.145. The molecule has 14 heavy (non-hydrogen) atoms. The SMILES string of the molecule is CC1=Cc2cc(Br)ccc2OC1(C)C. The molecule has 0 saturated heterocycles. The Hall–Kier alpha value is -0.760. The van der Waals surface area contributed by atoms with Crippen LogP contribution in [0, 0.1) is 0 Å². The monoisotopic (exact) mass is 252 g/mol. The molecule has 0 aromatic heterocycles. The Bertz CT molecular complexity index is 405. The van der Waals surface area contributed by atoms with Crippen molar-refractivity contribution in [3.8, 4) is 5.75 Å². The molecule has 1 aromatic rings. The van der Waals surface area contributed by atoms with Gasteiger partial charge >= 0.3 is 0 Å². The fourth-order valence-corrected chi connectivity index (χ4v) is 1.87. The molecule has 0 bridgehead atoms. The quantitative estimate of drug-likeness (QED) is 0.678. The molecule has 0 radical (unpaired) electrons. The van der Waals surface area contributed by atoms with Gasteiger partial charge in [-0.2, -0.15) is 0 Å². The van der Waals surface area contributed by atoms with Crippen LogP contribution in [0.15, 0.2) is 28.2 Å². The van der Waals surface area contributed by atoms with Gasteiger partial charge in [-0.1, -0.05) is 15.9 Å². The predicted octanol–water partition coefficient (Wildman–Crippen LogP) is 4.02. The highest BCUT2D eigenvalue weighted by atomic mass is 79.9. The van der Waals surface area contributed by atoms with Gasteiger partial charge in [0, 0.05) is 10.0 Å². The van der Waals surface area contributed by atoms with E-state index in [1.165, 1.54) is 5.57 Å². The smallest absolute Gasteiger partial charge is 0.127 e. The highest BCUT2D eigenvalue weighted by Gasteiger charge is 2.26. The summed E-state index contributed by atoms with van der Waals surface area (Å²) in [6, 6.07) is 6.08. The number of benzene rings is 1. The summed E-state index contributed by atoms with van der Waals surface area (Å²) in [5.41, 5.74) is 2.22. The Morgan fingerprint density at radius 3 is 2.71 bits per heavy atom. The van der Waals surface area contributed by atoms with E-state index < -0.39 is 0 Å². The van der Waals surface area contributed by atoms with Crippen molar-refractivity contribution in [2.45, 2.75) is 26.4 Å². The first kappa shape index (κ1) is 9.78. The molecule has 0 N–H and O–H groups in total. The average molecular weight is 253 g/mol. The minimum absolute atomic E-state index is 0.180. The molecule has 0 aliphatic carbocycles. The van der Waals surface area contributed by atoms with Gasteiger partial charge in [-0.05, 0) is 50.6 Å². The molecular formula is C12H13BrO. The van der Waals surface area contributed by atoms with Crippen LogP contribution in [-0.2, 0) is 0 Å². The zero-order valence-electron chi connectivity index (χ0n) is 8.60. The summed E-state index contributed by atoms with van der Waals surface area (Å²) in [7, 11) is 0. The molecule has 0 spiro atoms. The van der Waals surface area contributed by atoms with Gasteiger partial charge in [0.2, 0.25) is 0 Å². The summed E-state index contributed by atoms with van der Waals surface area (Å²) >= 11 is 3.45. The van der Waals surface area contributed by atoms with Crippen molar-refractivity contribution in [3.63, 3.8) is 0 Å². The number of hydrogen-bond acceptors (Lipinski definition) is 1. The van der Waals surface area contributed by atoms with Gasteiger partial charge in [-0.3, -0.25) is 0 Å². The van der Waals surface area contributed by atoms with E-state index in [-0.39, 0.29) is 5.60 Å². The number of fused-ring (bicyclic) bond motifs is 1. The van der Waals surface area contributed by atoms with Crippen LogP contribution in [0.25, 0.3) is 6.08 Å². The van der Waals surface area contributed by atoms with Gasteiger partial charge < -0.3 is 4.74 Å². The van der Waals surface area contributed by atoms with E-state index in [4.69, 9.17) is 4.74 Å². The third kappa shape index (κ3) is 1.59. The van der Waals surface area contributed by atoms with E-state index in [2.05, 4.69) is 48.8 Å². The lowest BCUT2D eigenvalue weighted by Crippen LogP contribution is -2.31. The summed E-state index contributed by atoms with van der Waals surface area (Å²) in [5.74, 6) is 0.962. The molecule has 1 nitrogen and oxygen atoms in total. The molecule has 0 atom stereocenters. The molecule has 0 amide bonds. The normalized spacial score (nSPS) is 18.1. The maximum atomic E-state index is 5.90. The standard InChI is InChI=1S/C12H13BrO/c1-8-6-9-7-10(13)4-5-11(9)14-12(8,2)3/h4-7H,1-3H3. The fraction of sp³-hybridized carbons (Fsp3) is 0.333. The van der Waals surface area contributed by atoms with Crippen LogP contribution < -0.4 is 4.74 Å². The predicted molar refractivity (Wildman–Crippen MR) is 62.5 cm³/mol. The van der Waals surface area contributed by atoms with Crippen molar-refractivity contribution >= 4 is 22.0 Å². The second kappa shape index (κ2) is 3.13. The summed E-state index contributed by atoms with van der Waals surface area (Å²) in [6.07, 6.45) is 2.18. The van der Waals surface area contributed by atoms with Gasteiger partial charge in [0.15, 0.2) is 0 Å². The third-order valence-corrected chi connectivity index (χ3v) is 3.15. The Balaban J connectivity index is 2.54. The molecule has 2 rings (SSSR count). The van der Waals surface area contributed by atoms with Crippen molar-refractivity contribution in [3.05, 3.63) is 33.8 Å². The topological polar surface area (TPSA) is 9.23 Å². The first-order valence-electron chi connectivity index (χ1n) is 4.66. The molecular weight excluding hydrogens is 240 g/mol. The molecule has 1 heterocycles. The van der Waals surface area contributed by atoms with Crippen LogP contribution >= 0.6 is 15.9 Å². The molecule has 74 valence electrons. The lowest BCUT2D eigenvalue weighted by Gasteiger charge is -2.32. The maximum Gasteiger partial charge on any atom is 0.127 e. The maximum absolute atomic E-state index is 5.90. The van der Waals surface area contributed by atoms with Crippen LogP contribution in [0.4, 0.5) is 0 Å². The van der Waals surface area contributed by atoms with Crippen LogP contribution in [0.5, 0.6) is 5.75 Å². The number of halogens is 1. The Morgan fingerprint density at radius 2 is 2.00 bits per heavy atom. The van der Waals surface area contributed by atoms with Gasteiger partial charge in [0.05, 0.1) is 0 Å². The van der Waals surface area contributed by atoms with E-state index in [0.29, 0.717) is 0 Å². The summed E-state index contributed by atoms with van der Waals surface area (Å²) in [5, 5.41) is 0. The van der Waals surface area contributed by atoms with E-state index in [1.807, 2.05) is 12.1 Å². The summed E-state index contributed by atoms with van der Waals surface area (Å²) in [4.78, 5) is 0. The molecule has 2 heteroatoms. The van der Waals surface area contributed by atoms with Crippen LogP contribution in [0.1, 0.15) is 26.3 Å². The van der Waals surface area contributed by atoms with Crippen molar-refractivity contribution in [1.29, 1.82) is 0 Å². The zero-order chi connectivity index (χ0) is 10.3. The minimum atomic E-state index is -0.180. The molecule has 0 fully saturated rings. The third-order valence-electron chi connectivity index (χ3n) is 2.66. The molecule has 0 saturated carbocycles. The van der Waals surface area contributed by atoms with Gasteiger partial charge in [0.25, 0.3) is 0 Å². The van der Waals surface area contributed by atoms with E-state index in [1.54, 1.807) is 0 Å². The lowest BCUT2D eigenvalue weighted by atomic mass is 9.94. The number of rotatable bonds is 0. The highest BCUT2D eigenvalue weighted by molar-refractivity contribution is 9.10.